The number of rotatable bonds is 3. The van der Waals surface area contributed by atoms with Crippen molar-refractivity contribution < 1.29 is 18.6 Å². The molecule has 1 fully saturated rings. The molecule has 24 heavy (non-hydrogen) atoms. The summed E-state index contributed by atoms with van der Waals surface area (Å²) in [4.78, 5) is 14.1. The van der Waals surface area contributed by atoms with Gasteiger partial charge >= 0.3 is 0 Å². The fourth-order valence-electron chi connectivity index (χ4n) is 2.73. The highest BCUT2D eigenvalue weighted by Crippen LogP contribution is 2.33. The Morgan fingerprint density at radius 2 is 2.12 bits per heavy atom. The van der Waals surface area contributed by atoms with E-state index in [1.54, 1.807) is 13.0 Å². The van der Waals surface area contributed by atoms with Gasteiger partial charge in [-0.3, -0.25) is 10.2 Å². The first kappa shape index (κ1) is 16.9. The van der Waals surface area contributed by atoms with Gasteiger partial charge in [-0.05, 0) is 19.1 Å². The second-order valence-corrected chi connectivity index (χ2v) is 6.35. The standard InChI is InChI=1S/C16H18ClFN4O2/c1-10-13(16(23)19-22-8-6-21(2)7-9-22)15(20-24-10)14-11(17)4-3-5-12(14)18/h3-5H,6-9H2,1-2H3,(H,19,23)/p+1. The van der Waals surface area contributed by atoms with Crippen LogP contribution in [0, 0.1) is 12.7 Å². The highest BCUT2D eigenvalue weighted by molar-refractivity contribution is 6.33. The number of halogens is 2. The van der Waals surface area contributed by atoms with Crippen molar-refractivity contribution in [1.29, 1.82) is 0 Å². The fourth-order valence-corrected chi connectivity index (χ4v) is 2.99. The molecular weight excluding hydrogens is 335 g/mol. The molecule has 1 saturated heterocycles. The summed E-state index contributed by atoms with van der Waals surface area (Å²) in [6.07, 6.45) is 0. The number of aromatic nitrogens is 1. The monoisotopic (exact) mass is 353 g/mol. The summed E-state index contributed by atoms with van der Waals surface area (Å²) in [6.45, 7) is 4.99. The number of likely N-dealkylation sites (N-methyl/N-ethyl adjacent to an activating group) is 1. The number of nitrogens with zero attached hydrogens (tertiary/aromatic N) is 2. The number of nitrogens with one attached hydrogen (secondary N) is 2. The summed E-state index contributed by atoms with van der Waals surface area (Å²) in [5, 5.41) is 5.89. The van der Waals surface area contributed by atoms with Crippen molar-refractivity contribution in [3.05, 3.63) is 40.4 Å². The van der Waals surface area contributed by atoms with Crippen LogP contribution in [0.25, 0.3) is 11.3 Å². The van der Waals surface area contributed by atoms with Gasteiger partial charge in [0.1, 0.15) is 22.8 Å². The number of carbonyl (C=O) groups excluding carboxylic acids is 1. The highest BCUT2D eigenvalue weighted by Gasteiger charge is 2.27. The predicted octanol–water partition coefficient (Wildman–Crippen LogP) is 0.918. The molecule has 0 unspecified atom stereocenters. The van der Waals surface area contributed by atoms with Gasteiger partial charge in [-0.25, -0.2) is 9.40 Å². The maximum Gasteiger partial charge on any atom is 0.271 e. The van der Waals surface area contributed by atoms with Crippen molar-refractivity contribution in [3.63, 3.8) is 0 Å². The molecule has 8 heteroatoms. The van der Waals surface area contributed by atoms with E-state index in [0.29, 0.717) is 5.76 Å². The SMILES string of the molecule is Cc1onc(-c2c(F)cccc2Cl)c1C(=O)NN1CC[NH+](C)CC1. The van der Waals surface area contributed by atoms with Gasteiger partial charge in [0, 0.05) is 0 Å². The molecule has 0 saturated carbocycles. The van der Waals surface area contributed by atoms with Crippen LogP contribution < -0.4 is 10.3 Å². The zero-order valence-electron chi connectivity index (χ0n) is 13.5. The molecule has 0 bridgehead atoms. The number of hydrazine groups is 1. The molecule has 3 rings (SSSR count). The van der Waals surface area contributed by atoms with Gasteiger partial charge in [0.05, 0.1) is 43.8 Å². The zero-order valence-corrected chi connectivity index (χ0v) is 14.3. The lowest BCUT2D eigenvalue weighted by Crippen LogP contribution is -3.12. The van der Waals surface area contributed by atoms with Crippen molar-refractivity contribution in [2.24, 2.45) is 0 Å². The minimum atomic E-state index is -0.548. The van der Waals surface area contributed by atoms with E-state index in [1.807, 2.05) is 5.01 Å². The van der Waals surface area contributed by atoms with Crippen LogP contribution >= 0.6 is 11.6 Å². The van der Waals surface area contributed by atoms with E-state index in [0.717, 1.165) is 26.2 Å². The largest absolute Gasteiger partial charge is 0.360 e. The van der Waals surface area contributed by atoms with E-state index < -0.39 is 5.82 Å². The van der Waals surface area contributed by atoms with Crippen LogP contribution in [0.4, 0.5) is 4.39 Å². The lowest BCUT2D eigenvalue weighted by molar-refractivity contribution is -0.884. The van der Waals surface area contributed by atoms with E-state index in [4.69, 9.17) is 16.1 Å². The van der Waals surface area contributed by atoms with Crippen LogP contribution in [-0.2, 0) is 0 Å². The Hall–Kier alpha value is -1.96. The second kappa shape index (κ2) is 6.88. The van der Waals surface area contributed by atoms with Gasteiger partial charge in [0.15, 0.2) is 0 Å². The first-order chi connectivity index (χ1) is 11.5. The van der Waals surface area contributed by atoms with Crippen molar-refractivity contribution >= 4 is 17.5 Å². The smallest absolute Gasteiger partial charge is 0.271 e. The number of hydrogen-bond donors (Lipinski definition) is 2. The number of piperazine rings is 1. The number of quaternary nitrogens is 1. The molecule has 2 N–H and O–H groups in total. The van der Waals surface area contributed by atoms with Gasteiger partial charge < -0.3 is 9.42 Å². The van der Waals surface area contributed by atoms with Crippen molar-refractivity contribution in [2.45, 2.75) is 6.92 Å². The van der Waals surface area contributed by atoms with E-state index in [9.17, 15) is 9.18 Å². The quantitative estimate of drug-likeness (QED) is 0.861. The zero-order chi connectivity index (χ0) is 17.3. The molecule has 0 aliphatic carbocycles. The Kier molecular flexibility index (Phi) is 4.84. The minimum Gasteiger partial charge on any atom is -0.360 e. The maximum absolute atomic E-state index is 14.2. The molecule has 0 atom stereocenters. The molecule has 1 aromatic heterocycles. The van der Waals surface area contributed by atoms with Gasteiger partial charge in [-0.2, -0.15) is 0 Å². The van der Waals surface area contributed by atoms with Crippen LogP contribution in [0.1, 0.15) is 16.1 Å². The lowest BCUT2D eigenvalue weighted by atomic mass is 10.1. The van der Waals surface area contributed by atoms with Crippen LogP contribution in [0.15, 0.2) is 22.7 Å². The van der Waals surface area contributed by atoms with Crippen molar-refractivity contribution in [1.82, 2.24) is 15.6 Å². The summed E-state index contributed by atoms with van der Waals surface area (Å²) >= 11 is 6.09. The molecule has 2 heterocycles. The van der Waals surface area contributed by atoms with Crippen LogP contribution in [0.2, 0.25) is 5.02 Å². The fraction of sp³-hybridized carbons (Fsp3) is 0.375. The molecule has 2 aromatic rings. The van der Waals surface area contributed by atoms with Crippen LogP contribution in [0.3, 0.4) is 0 Å². The van der Waals surface area contributed by atoms with Gasteiger partial charge in [0.25, 0.3) is 5.91 Å². The highest BCUT2D eigenvalue weighted by atomic mass is 35.5. The molecule has 0 spiro atoms. The molecule has 128 valence electrons. The number of hydrogen-bond acceptors (Lipinski definition) is 4. The Morgan fingerprint density at radius 3 is 2.79 bits per heavy atom. The van der Waals surface area contributed by atoms with Gasteiger partial charge in [0.2, 0.25) is 0 Å². The average molecular weight is 354 g/mol. The van der Waals surface area contributed by atoms with E-state index in [1.165, 1.54) is 17.0 Å². The summed E-state index contributed by atoms with van der Waals surface area (Å²) in [5.41, 5.74) is 3.24. The third-order valence-electron chi connectivity index (χ3n) is 4.17. The van der Waals surface area contributed by atoms with E-state index in [2.05, 4.69) is 17.6 Å². The third-order valence-corrected chi connectivity index (χ3v) is 4.48. The first-order valence-electron chi connectivity index (χ1n) is 7.75. The predicted molar refractivity (Wildman–Crippen MR) is 87.3 cm³/mol. The molecule has 6 nitrogen and oxygen atoms in total. The summed E-state index contributed by atoms with van der Waals surface area (Å²) in [7, 11) is 2.11. The summed E-state index contributed by atoms with van der Waals surface area (Å²) in [6, 6.07) is 4.32. The van der Waals surface area contributed by atoms with E-state index in [-0.39, 0.29) is 27.8 Å². The maximum atomic E-state index is 14.2. The van der Waals surface area contributed by atoms with E-state index >= 15 is 0 Å². The third kappa shape index (κ3) is 3.28. The molecule has 1 aromatic carbocycles. The Bertz CT molecular complexity index is 736. The van der Waals surface area contributed by atoms with Crippen molar-refractivity contribution in [3.8, 4) is 11.3 Å². The Labute approximate surface area is 144 Å². The molecular formula is C16H19ClFN4O2+. The van der Waals surface area contributed by atoms with Gasteiger partial charge in [-0.15, -0.1) is 0 Å². The minimum absolute atomic E-state index is 0.0731. The molecule has 0 radical (unpaired) electrons. The number of aryl methyl sites for hydroxylation is 1. The number of amides is 1. The van der Waals surface area contributed by atoms with Gasteiger partial charge in [-0.1, -0.05) is 22.8 Å². The van der Waals surface area contributed by atoms with Crippen LogP contribution in [-0.4, -0.2) is 49.3 Å². The lowest BCUT2D eigenvalue weighted by Gasteiger charge is -2.30. The number of benzene rings is 1. The molecule has 1 amide bonds. The summed E-state index contributed by atoms with van der Waals surface area (Å²) < 4.78 is 19.3. The normalized spacial score (nSPS) is 16.3. The number of carbonyl (C=O) groups is 1. The summed E-state index contributed by atoms with van der Waals surface area (Å²) in [5.74, 6) is -0.600. The topological polar surface area (TPSA) is 62.8 Å². The molecule has 1 aliphatic heterocycles. The first-order valence-corrected chi connectivity index (χ1v) is 8.13. The molecule has 1 aliphatic rings. The Balaban J connectivity index is 1.89. The Morgan fingerprint density at radius 1 is 1.42 bits per heavy atom. The second-order valence-electron chi connectivity index (χ2n) is 5.94. The average Bonchev–Trinajstić information content (AvgIpc) is 2.91. The van der Waals surface area contributed by atoms with Crippen LogP contribution in [0.5, 0.6) is 0 Å². The van der Waals surface area contributed by atoms with Crippen molar-refractivity contribution in [2.75, 3.05) is 33.2 Å².